The largest absolute Gasteiger partial charge is 0.327 e. The Kier molecular flexibility index (Phi) is 4.85. The molecule has 0 bridgehead atoms. The molecule has 0 amide bonds. The van der Waals surface area contributed by atoms with Gasteiger partial charge in [-0.05, 0) is 18.2 Å². The first-order valence-corrected chi connectivity index (χ1v) is 6.85. The van der Waals surface area contributed by atoms with Crippen molar-refractivity contribution in [3.63, 3.8) is 0 Å². The van der Waals surface area contributed by atoms with Gasteiger partial charge in [-0.25, -0.2) is 13.8 Å². The number of aromatic nitrogens is 1. The normalized spacial score (nSPS) is 11.0. The van der Waals surface area contributed by atoms with Crippen LogP contribution in [0.25, 0.3) is 0 Å². The van der Waals surface area contributed by atoms with Crippen LogP contribution in [0.4, 0.5) is 20.3 Å². The summed E-state index contributed by atoms with van der Waals surface area (Å²) < 4.78 is 27.3. The van der Waals surface area contributed by atoms with Crippen LogP contribution in [-0.2, 0) is 6.54 Å². The SMILES string of the molecule is CC(C)NCc1cc(F)cnc1N(C)c1ccccc1F. The van der Waals surface area contributed by atoms with E-state index in [4.69, 9.17) is 0 Å². The molecule has 21 heavy (non-hydrogen) atoms. The van der Waals surface area contributed by atoms with Gasteiger partial charge in [0.05, 0.1) is 11.9 Å². The van der Waals surface area contributed by atoms with Gasteiger partial charge in [-0.2, -0.15) is 0 Å². The van der Waals surface area contributed by atoms with E-state index >= 15 is 0 Å². The molecule has 0 fully saturated rings. The lowest BCUT2D eigenvalue weighted by Gasteiger charge is -2.22. The number of hydrogen-bond acceptors (Lipinski definition) is 3. The molecule has 1 aromatic heterocycles. The summed E-state index contributed by atoms with van der Waals surface area (Å²) in [5.74, 6) is -0.204. The highest BCUT2D eigenvalue weighted by molar-refractivity contribution is 5.62. The lowest BCUT2D eigenvalue weighted by Crippen LogP contribution is -2.24. The van der Waals surface area contributed by atoms with Crippen molar-refractivity contribution in [3.8, 4) is 0 Å². The third-order valence-electron chi connectivity index (χ3n) is 3.14. The number of rotatable bonds is 5. The number of nitrogens with zero attached hydrogens (tertiary/aromatic N) is 2. The predicted molar refractivity (Wildman–Crippen MR) is 80.6 cm³/mol. The van der Waals surface area contributed by atoms with E-state index in [-0.39, 0.29) is 11.9 Å². The van der Waals surface area contributed by atoms with E-state index in [2.05, 4.69) is 10.3 Å². The van der Waals surface area contributed by atoms with E-state index in [1.807, 2.05) is 13.8 Å². The van der Waals surface area contributed by atoms with Crippen LogP contribution < -0.4 is 10.2 Å². The maximum absolute atomic E-state index is 13.9. The molecule has 1 N–H and O–H groups in total. The minimum Gasteiger partial charge on any atom is -0.327 e. The number of para-hydroxylation sites is 1. The van der Waals surface area contributed by atoms with Gasteiger partial charge in [0.25, 0.3) is 0 Å². The highest BCUT2D eigenvalue weighted by Crippen LogP contribution is 2.27. The van der Waals surface area contributed by atoms with Gasteiger partial charge in [-0.3, -0.25) is 0 Å². The van der Waals surface area contributed by atoms with Crippen molar-refractivity contribution in [1.82, 2.24) is 10.3 Å². The molecule has 2 rings (SSSR count). The fourth-order valence-electron chi connectivity index (χ4n) is 2.06. The van der Waals surface area contributed by atoms with Gasteiger partial charge in [0, 0.05) is 25.2 Å². The van der Waals surface area contributed by atoms with E-state index in [1.165, 1.54) is 12.1 Å². The van der Waals surface area contributed by atoms with Crippen LogP contribution in [0.5, 0.6) is 0 Å². The fourth-order valence-corrected chi connectivity index (χ4v) is 2.06. The molecule has 0 aliphatic heterocycles. The summed E-state index contributed by atoms with van der Waals surface area (Å²) in [6, 6.07) is 8.13. The first-order chi connectivity index (χ1) is 9.99. The number of halogens is 2. The molecule has 5 heteroatoms. The van der Waals surface area contributed by atoms with Gasteiger partial charge < -0.3 is 10.2 Å². The Hall–Kier alpha value is -2.01. The molecule has 0 aliphatic rings. The molecule has 0 atom stereocenters. The van der Waals surface area contributed by atoms with Crippen LogP contribution in [-0.4, -0.2) is 18.1 Å². The van der Waals surface area contributed by atoms with Gasteiger partial charge in [0.15, 0.2) is 0 Å². The van der Waals surface area contributed by atoms with Crippen LogP contribution in [0.15, 0.2) is 36.5 Å². The van der Waals surface area contributed by atoms with Crippen molar-refractivity contribution in [2.24, 2.45) is 0 Å². The highest BCUT2D eigenvalue weighted by Gasteiger charge is 2.15. The summed E-state index contributed by atoms with van der Waals surface area (Å²) in [6.07, 6.45) is 1.14. The third-order valence-corrected chi connectivity index (χ3v) is 3.14. The van der Waals surface area contributed by atoms with Crippen molar-refractivity contribution >= 4 is 11.5 Å². The molecule has 112 valence electrons. The Morgan fingerprint density at radius 1 is 1.24 bits per heavy atom. The summed E-state index contributed by atoms with van der Waals surface area (Å²) in [5, 5.41) is 3.22. The zero-order valence-corrected chi connectivity index (χ0v) is 12.4. The van der Waals surface area contributed by atoms with E-state index in [9.17, 15) is 8.78 Å². The maximum atomic E-state index is 13.9. The lowest BCUT2D eigenvalue weighted by atomic mass is 10.2. The van der Waals surface area contributed by atoms with Crippen molar-refractivity contribution in [3.05, 3.63) is 53.7 Å². The molecule has 2 aromatic rings. The Morgan fingerprint density at radius 2 is 1.95 bits per heavy atom. The molecule has 0 saturated carbocycles. The molecule has 0 aliphatic carbocycles. The number of anilines is 2. The Bertz CT molecular complexity index is 614. The first kappa shape index (κ1) is 15.4. The summed E-state index contributed by atoms with van der Waals surface area (Å²) in [6.45, 7) is 4.48. The number of benzene rings is 1. The monoisotopic (exact) mass is 291 g/mol. The zero-order valence-electron chi connectivity index (χ0n) is 12.4. The fraction of sp³-hybridized carbons (Fsp3) is 0.312. The molecule has 1 heterocycles. The van der Waals surface area contributed by atoms with Gasteiger partial charge >= 0.3 is 0 Å². The Balaban J connectivity index is 2.36. The molecular formula is C16H19F2N3. The smallest absolute Gasteiger partial charge is 0.146 e. The molecular weight excluding hydrogens is 272 g/mol. The average Bonchev–Trinajstić information content (AvgIpc) is 2.45. The first-order valence-electron chi connectivity index (χ1n) is 6.85. The van der Waals surface area contributed by atoms with E-state index in [0.717, 1.165) is 6.20 Å². The van der Waals surface area contributed by atoms with Gasteiger partial charge in [0.2, 0.25) is 0 Å². The predicted octanol–water partition coefficient (Wildman–Crippen LogP) is 3.63. The minimum absolute atomic E-state index is 0.264. The lowest BCUT2D eigenvalue weighted by molar-refractivity contribution is 0.578. The summed E-state index contributed by atoms with van der Waals surface area (Å²) in [7, 11) is 1.72. The van der Waals surface area contributed by atoms with Gasteiger partial charge in [-0.1, -0.05) is 26.0 Å². The topological polar surface area (TPSA) is 28.2 Å². The van der Waals surface area contributed by atoms with E-state index in [0.29, 0.717) is 23.6 Å². The number of nitrogens with one attached hydrogen (secondary N) is 1. The van der Waals surface area contributed by atoms with Crippen molar-refractivity contribution < 1.29 is 8.78 Å². The number of hydrogen-bond donors (Lipinski definition) is 1. The minimum atomic E-state index is -0.402. The number of pyridine rings is 1. The summed E-state index contributed by atoms with van der Waals surface area (Å²) in [4.78, 5) is 5.75. The van der Waals surface area contributed by atoms with Crippen LogP contribution >= 0.6 is 0 Å². The summed E-state index contributed by atoms with van der Waals surface area (Å²) >= 11 is 0. The molecule has 0 radical (unpaired) electrons. The van der Waals surface area contributed by atoms with Crippen LogP contribution in [0.3, 0.4) is 0 Å². The summed E-state index contributed by atoms with van der Waals surface area (Å²) in [5.41, 5.74) is 1.09. The average molecular weight is 291 g/mol. The molecule has 3 nitrogen and oxygen atoms in total. The van der Waals surface area contributed by atoms with E-state index in [1.54, 1.807) is 30.1 Å². The van der Waals surface area contributed by atoms with Crippen molar-refractivity contribution in [2.75, 3.05) is 11.9 Å². The van der Waals surface area contributed by atoms with E-state index < -0.39 is 5.82 Å². The van der Waals surface area contributed by atoms with Gasteiger partial charge in [-0.15, -0.1) is 0 Å². The van der Waals surface area contributed by atoms with Crippen molar-refractivity contribution in [1.29, 1.82) is 0 Å². The second-order valence-corrected chi connectivity index (χ2v) is 5.18. The van der Waals surface area contributed by atoms with Crippen LogP contribution in [0, 0.1) is 11.6 Å². The zero-order chi connectivity index (χ0) is 15.4. The van der Waals surface area contributed by atoms with Crippen LogP contribution in [0.2, 0.25) is 0 Å². The molecule has 0 spiro atoms. The second-order valence-electron chi connectivity index (χ2n) is 5.18. The molecule has 0 saturated heterocycles. The second kappa shape index (κ2) is 6.63. The molecule has 0 unspecified atom stereocenters. The molecule has 1 aromatic carbocycles. The van der Waals surface area contributed by atoms with Crippen molar-refractivity contribution in [2.45, 2.75) is 26.4 Å². The Labute approximate surface area is 123 Å². The van der Waals surface area contributed by atoms with Gasteiger partial charge in [0.1, 0.15) is 17.5 Å². The van der Waals surface area contributed by atoms with Crippen LogP contribution in [0.1, 0.15) is 19.4 Å². The maximum Gasteiger partial charge on any atom is 0.146 e. The quantitative estimate of drug-likeness (QED) is 0.912. The standard InChI is InChI=1S/C16H19F2N3/c1-11(2)19-9-12-8-13(17)10-20-16(12)21(3)15-7-5-4-6-14(15)18/h4-8,10-11,19H,9H2,1-3H3. The Morgan fingerprint density at radius 3 is 2.62 bits per heavy atom. The highest BCUT2D eigenvalue weighted by atomic mass is 19.1. The third kappa shape index (κ3) is 3.76.